The second kappa shape index (κ2) is 6.21. The van der Waals surface area contributed by atoms with Crippen molar-refractivity contribution in [3.05, 3.63) is 11.8 Å². The molecule has 0 aromatic carbocycles. The minimum Gasteiger partial charge on any atom is -0.316 e. The van der Waals surface area contributed by atoms with Crippen LogP contribution in [0.5, 0.6) is 0 Å². The number of piperidine rings is 1. The minimum atomic E-state index is -3.49. The molecule has 0 saturated carbocycles. The zero-order chi connectivity index (χ0) is 14.8. The number of hydrogen-bond acceptors (Lipinski definition) is 5. The molecule has 1 saturated heterocycles. The molecule has 7 nitrogen and oxygen atoms in total. The molecule has 0 aliphatic carbocycles. The fourth-order valence-corrected chi connectivity index (χ4v) is 4.15. The molecule has 20 heavy (non-hydrogen) atoms. The van der Waals surface area contributed by atoms with Crippen molar-refractivity contribution in [2.45, 2.75) is 30.5 Å². The van der Waals surface area contributed by atoms with E-state index < -0.39 is 10.0 Å². The average molecular weight is 301 g/mol. The lowest BCUT2D eigenvalue weighted by Crippen LogP contribution is -2.47. The van der Waals surface area contributed by atoms with Gasteiger partial charge in [-0.3, -0.25) is 5.10 Å². The van der Waals surface area contributed by atoms with Gasteiger partial charge in [0.25, 0.3) is 10.0 Å². The molecule has 2 heterocycles. The van der Waals surface area contributed by atoms with Crippen molar-refractivity contribution >= 4 is 10.0 Å². The molecule has 8 heteroatoms. The van der Waals surface area contributed by atoms with Crippen LogP contribution in [0.15, 0.2) is 11.2 Å². The van der Waals surface area contributed by atoms with Crippen LogP contribution in [0.3, 0.4) is 0 Å². The Kier molecular flexibility index (Phi) is 4.79. The number of H-pyrrole nitrogens is 1. The molecular weight excluding hydrogens is 278 g/mol. The van der Waals surface area contributed by atoms with Crippen LogP contribution >= 0.6 is 0 Å². The van der Waals surface area contributed by atoms with E-state index in [1.807, 2.05) is 14.1 Å². The van der Waals surface area contributed by atoms with Gasteiger partial charge >= 0.3 is 0 Å². The van der Waals surface area contributed by atoms with Crippen molar-refractivity contribution in [1.29, 1.82) is 0 Å². The fraction of sp³-hybridized carbons (Fsp3) is 0.750. The molecule has 1 aromatic heterocycles. The summed E-state index contributed by atoms with van der Waals surface area (Å²) in [7, 11) is 2.27. The van der Waals surface area contributed by atoms with E-state index in [4.69, 9.17) is 0 Å². The first kappa shape index (κ1) is 15.4. The van der Waals surface area contributed by atoms with E-state index in [-0.39, 0.29) is 11.1 Å². The second-order valence-corrected chi connectivity index (χ2v) is 7.25. The smallest absolute Gasteiger partial charge is 0.260 e. The molecule has 1 atom stereocenters. The number of hydrogen-bond donors (Lipinski definition) is 2. The average Bonchev–Trinajstić information content (AvgIpc) is 2.88. The first-order chi connectivity index (χ1) is 9.46. The highest BCUT2D eigenvalue weighted by Crippen LogP contribution is 2.23. The molecule has 0 bridgehead atoms. The number of nitrogens with zero attached hydrogens (tertiary/aromatic N) is 3. The Hall–Kier alpha value is -0.960. The quantitative estimate of drug-likeness (QED) is 0.790. The van der Waals surface area contributed by atoms with Gasteiger partial charge in [0.2, 0.25) is 0 Å². The fourth-order valence-electron chi connectivity index (χ4n) is 2.53. The van der Waals surface area contributed by atoms with Crippen LogP contribution in [0, 0.1) is 0 Å². The Labute approximate surface area is 120 Å². The molecule has 0 amide bonds. The van der Waals surface area contributed by atoms with Crippen LogP contribution in [0.1, 0.15) is 18.4 Å². The van der Waals surface area contributed by atoms with Crippen molar-refractivity contribution in [3.8, 4) is 0 Å². The number of nitrogens with one attached hydrogen (secondary N) is 2. The van der Waals surface area contributed by atoms with Crippen molar-refractivity contribution in [3.63, 3.8) is 0 Å². The van der Waals surface area contributed by atoms with Crippen LogP contribution in [0.2, 0.25) is 0 Å². The normalized spacial score (nSPS) is 21.5. The Morgan fingerprint density at radius 2 is 2.30 bits per heavy atom. The maximum absolute atomic E-state index is 12.7. The van der Waals surface area contributed by atoms with Gasteiger partial charge in [0.1, 0.15) is 0 Å². The van der Waals surface area contributed by atoms with Crippen molar-refractivity contribution in [1.82, 2.24) is 24.7 Å². The molecule has 2 N–H and O–H groups in total. The minimum absolute atomic E-state index is 0.214. The predicted octanol–water partition coefficient (Wildman–Crippen LogP) is -0.156. The second-order valence-electron chi connectivity index (χ2n) is 5.38. The van der Waals surface area contributed by atoms with E-state index in [1.165, 1.54) is 0 Å². The summed E-state index contributed by atoms with van der Waals surface area (Å²) in [5, 5.41) is 9.69. The maximum Gasteiger partial charge on any atom is 0.260 e. The Morgan fingerprint density at radius 3 is 2.95 bits per heavy atom. The van der Waals surface area contributed by atoms with Gasteiger partial charge in [-0.2, -0.15) is 9.40 Å². The molecule has 0 radical (unpaired) electrons. The summed E-state index contributed by atoms with van der Waals surface area (Å²) in [6, 6.07) is 0.272. The van der Waals surface area contributed by atoms with E-state index in [1.54, 1.807) is 17.5 Å². The van der Waals surface area contributed by atoms with Gasteiger partial charge in [-0.15, -0.1) is 0 Å². The summed E-state index contributed by atoms with van der Waals surface area (Å²) in [5.74, 6) is 0. The molecule has 1 aromatic rings. The molecule has 1 aliphatic rings. The standard InChI is InChI=1S/C12H23N5O2S/c1-13-7-10-8-14-15-12(10)20(18,19)17-6-4-5-11(9-17)16(2)3/h8,11,13H,4-7,9H2,1-3H3,(H,14,15). The van der Waals surface area contributed by atoms with E-state index >= 15 is 0 Å². The van der Waals surface area contributed by atoms with Crippen molar-refractivity contribution < 1.29 is 8.42 Å². The number of aromatic amines is 1. The lowest BCUT2D eigenvalue weighted by Gasteiger charge is -2.35. The summed E-state index contributed by atoms with van der Waals surface area (Å²) in [6.45, 7) is 1.59. The van der Waals surface area contributed by atoms with Crippen LogP contribution in [-0.4, -0.2) is 68.1 Å². The number of rotatable bonds is 5. The summed E-state index contributed by atoms with van der Waals surface area (Å²) in [6.07, 6.45) is 3.49. The number of aromatic nitrogens is 2. The van der Waals surface area contributed by atoms with Crippen LogP contribution in [-0.2, 0) is 16.6 Å². The first-order valence-corrected chi connectivity index (χ1v) is 8.24. The summed E-state index contributed by atoms with van der Waals surface area (Å²) < 4.78 is 27.0. The van der Waals surface area contributed by atoms with Crippen LogP contribution in [0.4, 0.5) is 0 Å². The number of sulfonamides is 1. The zero-order valence-electron chi connectivity index (χ0n) is 12.3. The van der Waals surface area contributed by atoms with Gasteiger partial charge in [-0.25, -0.2) is 8.42 Å². The zero-order valence-corrected chi connectivity index (χ0v) is 13.1. The molecule has 1 unspecified atom stereocenters. The molecule has 1 fully saturated rings. The van der Waals surface area contributed by atoms with Gasteiger partial charge in [0, 0.05) is 31.2 Å². The highest BCUT2D eigenvalue weighted by Gasteiger charge is 2.33. The Balaban J connectivity index is 2.23. The van der Waals surface area contributed by atoms with E-state index in [9.17, 15) is 8.42 Å². The predicted molar refractivity (Wildman–Crippen MR) is 76.8 cm³/mol. The summed E-state index contributed by atoms with van der Waals surface area (Å²) in [4.78, 5) is 2.09. The van der Waals surface area contributed by atoms with E-state index in [0.29, 0.717) is 25.2 Å². The third kappa shape index (κ3) is 3.03. The third-order valence-electron chi connectivity index (χ3n) is 3.73. The van der Waals surface area contributed by atoms with Crippen molar-refractivity contribution in [2.75, 3.05) is 34.2 Å². The molecule has 2 rings (SSSR count). The number of likely N-dealkylation sites (N-methyl/N-ethyl adjacent to an activating group) is 1. The Bertz CT molecular complexity index is 540. The van der Waals surface area contributed by atoms with Gasteiger partial charge in [0.05, 0.1) is 6.20 Å². The van der Waals surface area contributed by atoms with Gasteiger partial charge in [0.15, 0.2) is 5.03 Å². The molecular formula is C12H23N5O2S. The first-order valence-electron chi connectivity index (χ1n) is 6.80. The van der Waals surface area contributed by atoms with Gasteiger partial charge < -0.3 is 10.2 Å². The van der Waals surface area contributed by atoms with Crippen LogP contribution in [0.25, 0.3) is 0 Å². The van der Waals surface area contributed by atoms with E-state index in [0.717, 1.165) is 12.8 Å². The SMILES string of the molecule is CNCc1cn[nH]c1S(=O)(=O)N1CCCC(N(C)C)C1. The largest absolute Gasteiger partial charge is 0.316 e. The highest BCUT2D eigenvalue weighted by atomic mass is 32.2. The van der Waals surface area contributed by atoms with Gasteiger partial charge in [-0.1, -0.05) is 0 Å². The maximum atomic E-state index is 12.7. The lowest BCUT2D eigenvalue weighted by molar-refractivity contribution is 0.190. The molecule has 1 aliphatic heterocycles. The van der Waals surface area contributed by atoms with E-state index in [2.05, 4.69) is 20.4 Å². The lowest BCUT2D eigenvalue weighted by atomic mass is 10.1. The highest BCUT2D eigenvalue weighted by molar-refractivity contribution is 7.89. The molecule has 0 spiro atoms. The molecule has 114 valence electrons. The van der Waals surface area contributed by atoms with Crippen molar-refractivity contribution in [2.24, 2.45) is 0 Å². The van der Waals surface area contributed by atoms with Gasteiger partial charge in [-0.05, 0) is 34.0 Å². The summed E-state index contributed by atoms with van der Waals surface area (Å²) >= 11 is 0. The Morgan fingerprint density at radius 1 is 1.55 bits per heavy atom. The van der Waals surface area contributed by atoms with Crippen LogP contribution < -0.4 is 5.32 Å². The topological polar surface area (TPSA) is 81.3 Å². The summed E-state index contributed by atoms with van der Waals surface area (Å²) in [5.41, 5.74) is 0.680. The monoisotopic (exact) mass is 301 g/mol. The third-order valence-corrected chi connectivity index (χ3v) is 5.61.